The highest BCUT2D eigenvalue weighted by atomic mass is 32.2. The molecular weight excluding hydrogens is 268 g/mol. The molecule has 0 saturated heterocycles. The predicted octanol–water partition coefficient (Wildman–Crippen LogP) is 3.71. The zero-order valence-corrected chi connectivity index (χ0v) is 13.4. The Morgan fingerprint density at radius 3 is 2.45 bits per heavy atom. The van der Waals surface area contributed by atoms with Crippen molar-refractivity contribution < 1.29 is 4.79 Å². The lowest BCUT2D eigenvalue weighted by Gasteiger charge is -2.11. The van der Waals surface area contributed by atoms with Gasteiger partial charge >= 0.3 is 0 Å². The van der Waals surface area contributed by atoms with Crippen LogP contribution in [-0.4, -0.2) is 20.8 Å². The smallest absolute Gasteiger partial charge is 0.175 e. The average molecular weight is 288 g/mol. The van der Waals surface area contributed by atoms with Crippen molar-refractivity contribution >= 4 is 17.5 Å². The summed E-state index contributed by atoms with van der Waals surface area (Å²) in [6, 6.07) is 7.91. The standard InChI is InChI=1S/C16H20N2OS/c1-10-6-7-14(8-11(10)2)16(19)13(4)20-15-9-12(3)17-18(15)5/h6-9,13H,1-5H3. The lowest BCUT2D eigenvalue weighted by atomic mass is 10.0. The van der Waals surface area contributed by atoms with Crippen molar-refractivity contribution in [3.63, 3.8) is 0 Å². The Morgan fingerprint density at radius 1 is 1.20 bits per heavy atom. The van der Waals surface area contributed by atoms with E-state index in [1.54, 1.807) is 11.8 Å². The fourth-order valence-corrected chi connectivity index (χ4v) is 3.10. The first kappa shape index (κ1) is 14.9. The number of carbonyl (C=O) groups is 1. The molecule has 0 radical (unpaired) electrons. The Hall–Kier alpha value is -1.55. The van der Waals surface area contributed by atoms with E-state index in [1.807, 2.05) is 56.8 Å². The quantitative estimate of drug-likeness (QED) is 0.635. The van der Waals surface area contributed by atoms with Crippen molar-refractivity contribution in [2.24, 2.45) is 7.05 Å². The lowest BCUT2D eigenvalue weighted by molar-refractivity contribution is 0.0994. The number of hydrogen-bond donors (Lipinski definition) is 0. The van der Waals surface area contributed by atoms with Crippen LogP contribution >= 0.6 is 11.8 Å². The second kappa shape index (κ2) is 5.83. The van der Waals surface area contributed by atoms with E-state index in [4.69, 9.17) is 0 Å². The summed E-state index contributed by atoms with van der Waals surface area (Å²) >= 11 is 1.55. The van der Waals surface area contributed by atoms with Gasteiger partial charge in [-0.25, -0.2) is 0 Å². The predicted molar refractivity (Wildman–Crippen MR) is 83.5 cm³/mol. The zero-order chi connectivity index (χ0) is 14.9. The van der Waals surface area contributed by atoms with Gasteiger partial charge in [0, 0.05) is 12.6 Å². The van der Waals surface area contributed by atoms with Gasteiger partial charge in [-0.05, 0) is 51.0 Å². The van der Waals surface area contributed by atoms with Crippen LogP contribution in [0.3, 0.4) is 0 Å². The van der Waals surface area contributed by atoms with Gasteiger partial charge in [-0.3, -0.25) is 9.48 Å². The van der Waals surface area contributed by atoms with Gasteiger partial charge < -0.3 is 0 Å². The maximum Gasteiger partial charge on any atom is 0.175 e. The second-order valence-corrected chi connectivity index (χ2v) is 6.53. The van der Waals surface area contributed by atoms with Gasteiger partial charge in [0.05, 0.1) is 16.0 Å². The van der Waals surface area contributed by atoms with E-state index in [2.05, 4.69) is 12.0 Å². The van der Waals surface area contributed by atoms with E-state index in [0.29, 0.717) is 0 Å². The number of aryl methyl sites for hydroxylation is 4. The molecule has 0 amide bonds. The van der Waals surface area contributed by atoms with Crippen LogP contribution < -0.4 is 0 Å². The number of rotatable bonds is 4. The normalized spacial score (nSPS) is 12.4. The fourth-order valence-electron chi connectivity index (χ4n) is 2.06. The Labute approximate surface area is 124 Å². The SMILES string of the molecule is Cc1cc(SC(C)C(=O)c2ccc(C)c(C)c2)n(C)n1. The van der Waals surface area contributed by atoms with Gasteiger partial charge in [-0.2, -0.15) is 5.10 Å². The van der Waals surface area contributed by atoms with Crippen LogP contribution in [0.2, 0.25) is 0 Å². The summed E-state index contributed by atoms with van der Waals surface area (Å²) < 4.78 is 1.82. The Bertz CT molecular complexity index is 646. The lowest BCUT2D eigenvalue weighted by Crippen LogP contribution is -2.14. The highest BCUT2D eigenvalue weighted by Crippen LogP contribution is 2.26. The highest BCUT2D eigenvalue weighted by molar-refractivity contribution is 8.00. The maximum absolute atomic E-state index is 12.5. The number of nitrogens with zero attached hydrogens (tertiary/aromatic N) is 2. The van der Waals surface area contributed by atoms with Crippen LogP contribution in [0.15, 0.2) is 29.3 Å². The third kappa shape index (κ3) is 3.12. The highest BCUT2D eigenvalue weighted by Gasteiger charge is 2.18. The molecule has 1 aromatic heterocycles. The molecule has 20 heavy (non-hydrogen) atoms. The number of Topliss-reactive ketones (excluding diaryl/α,β-unsaturated/α-hetero) is 1. The minimum atomic E-state index is -0.119. The van der Waals surface area contributed by atoms with Gasteiger partial charge in [0.2, 0.25) is 0 Å². The average Bonchev–Trinajstić information content (AvgIpc) is 2.70. The Morgan fingerprint density at radius 2 is 1.90 bits per heavy atom. The third-order valence-corrected chi connectivity index (χ3v) is 4.61. The zero-order valence-electron chi connectivity index (χ0n) is 12.6. The van der Waals surface area contributed by atoms with E-state index < -0.39 is 0 Å². The van der Waals surface area contributed by atoms with Crippen LogP contribution in [0.5, 0.6) is 0 Å². The number of carbonyl (C=O) groups excluding carboxylic acids is 1. The summed E-state index contributed by atoms with van der Waals surface area (Å²) in [5.41, 5.74) is 4.13. The molecular formula is C16H20N2OS. The number of thioether (sulfide) groups is 1. The summed E-state index contributed by atoms with van der Waals surface area (Å²) in [6.45, 7) is 8.00. The van der Waals surface area contributed by atoms with E-state index in [0.717, 1.165) is 21.8 Å². The monoisotopic (exact) mass is 288 g/mol. The third-order valence-electron chi connectivity index (χ3n) is 3.42. The molecule has 0 aliphatic rings. The molecule has 106 valence electrons. The summed E-state index contributed by atoms with van der Waals surface area (Å²) in [4.78, 5) is 12.5. The summed E-state index contributed by atoms with van der Waals surface area (Å²) in [6.07, 6.45) is 0. The molecule has 0 saturated carbocycles. The van der Waals surface area contributed by atoms with Crippen molar-refractivity contribution in [3.8, 4) is 0 Å². The van der Waals surface area contributed by atoms with E-state index >= 15 is 0 Å². The largest absolute Gasteiger partial charge is 0.293 e. The molecule has 1 atom stereocenters. The number of benzene rings is 1. The summed E-state index contributed by atoms with van der Waals surface area (Å²) in [7, 11) is 1.91. The molecule has 2 rings (SSSR count). The first-order valence-electron chi connectivity index (χ1n) is 6.67. The van der Waals surface area contributed by atoms with Crippen molar-refractivity contribution in [2.75, 3.05) is 0 Å². The number of aromatic nitrogens is 2. The molecule has 0 aliphatic heterocycles. The minimum Gasteiger partial charge on any atom is -0.293 e. The molecule has 2 aromatic rings. The number of hydrogen-bond acceptors (Lipinski definition) is 3. The topological polar surface area (TPSA) is 34.9 Å². The molecule has 3 nitrogen and oxygen atoms in total. The van der Waals surface area contributed by atoms with Gasteiger partial charge in [0.1, 0.15) is 0 Å². The summed E-state index contributed by atoms with van der Waals surface area (Å²) in [5.74, 6) is 0.164. The van der Waals surface area contributed by atoms with Crippen molar-refractivity contribution in [3.05, 3.63) is 46.6 Å². The van der Waals surface area contributed by atoms with Crippen LogP contribution in [0, 0.1) is 20.8 Å². The van der Waals surface area contributed by atoms with Gasteiger partial charge in [0.25, 0.3) is 0 Å². The molecule has 0 aliphatic carbocycles. The van der Waals surface area contributed by atoms with E-state index in [9.17, 15) is 4.79 Å². The second-order valence-electron chi connectivity index (χ2n) is 5.17. The molecule has 0 fully saturated rings. The molecule has 1 aromatic carbocycles. The van der Waals surface area contributed by atoms with E-state index in [1.165, 1.54) is 5.56 Å². The maximum atomic E-state index is 12.5. The molecule has 0 spiro atoms. The molecule has 0 N–H and O–H groups in total. The Kier molecular flexibility index (Phi) is 4.33. The van der Waals surface area contributed by atoms with Crippen molar-refractivity contribution in [1.82, 2.24) is 9.78 Å². The van der Waals surface area contributed by atoms with E-state index in [-0.39, 0.29) is 11.0 Å². The van der Waals surface area contributed by atoms with Crippen LogP contribution in [0.4, 0.5) is 0 Å². The molecule has 4 heteroatoms. The van der Waals surface area contributed by atoms with Crippen molar-refractivity contribution in [2.45, 2.75) is 38.0 Å². The number of ketones is 1. The Balaban J connectivity index is 2.16. The fraction of sp³-hybridized carbons (Fsp3) is 0.375. The first-order chi connectivity index (χ1) is 9.38. The van der Waals surface area contributed by atoms with Crippen LogP contribution in [0.25, 0.3) is 0 Å². The van der Waals surface area contributed by atoms with Gasteiger partial charge in [0.15, 0.2) is 5.78 Å². The first-order valence-corrected chi connectivity index (χ1v) is 7.55. The van der Waals surface area contributed by atoms with Gasteiger partial charge in [-0.15, -0.1) is 0 Å². The summed E-state index contributed by atoms with van der Waals surface area (Å²) in [5, 5.41) is 5.21. The van der Waals surface area contributed by atoms with Crippen molar-refractivity contribution in [1.29, 1.82) is 0 Å². The molecule has 1 unspecified atom stereocenters. The van der Waals surface area contributed by atoms with Gasteiger partial charge in [-0.1, -0.05) is 23.9 Å². The minimum absolute atomic E-state index is 0.119. The van der Waals surface area contributed by atoms with Crippen LogP contribution in [-0.2, 0) is 7.05 Å². The molecule has 0 bridgehead atoms. The van der Waals surface area contributed by atoms with Crippen LogP contribution in [0.1, 0.15) is 34.1 Å². The molecule has 1 heterocycles.